The molecule has 6 heteroatoms. The topological polar surface area (TPSA) is 63.4 Å². The number of methoxy groups -OCH3 is 1. The molecule has 1 aromatic carbocycles. The maximum atomic E-state index is 6.64. The molecule has 0 amide bonds. The Morgan fingerprint density at radius 2 is 2.11 bits per heavy atom. The molecule has 3 N–H and O–H groups in total. The molecule has 5 nitrogen and oxygen atoms in total. The van der Waals surface area contributed by atoms with Gasteiger partial charge in [0.25, 0.3) is 0 Å². The van der Waals surface area contributed by atoms with Gasteiger partial charge >= 0.3 is 0 Å². The van der Waals surface area contributed by atoms with E-state index in [0.717, 1.165) is 43.1 Å². The monoisotopic (exact) mass is 388 g/mol. The van der Waals surface area contributed by atoms with Crippen LogP contribution in [0, 0.1) is 6.92 Å². The molecule has 4 rings (SSSR count). The predicted octanol–water partition coefficient (Wildman–Crippen LogP) is 3.28. The smallest absolute Gasteiger partial charge is 0.142 e. The van der Waals surface area contributed by atoms with Crippen molar-refractivity contribution in [1.29, 1.82) is 0 Å². The van der Waals surface area contributed by atoms with Crippen molar-refractivity contribution in [2.75, 3.05) is 32.6 Å². The number of anilines is 1. The number of benzene rings is 1. The van der Waals surface area contributed by atoms with E-state index < -0.39 is 0 Å². The fraction of sp³-hybridized carbons (Fsp3) is 0.476. The van der Waals surface area contributed by atoms with Crippen LogP contribution in [-0.2, 0) is 6.42 Å². The summed E-state index contributed by atoms with van der Waals surface area (Å²) in [6.07, 6.45) is 3.92. The Bertz CT molecular complexity index is 813. The number of hydrogen-bond acceptors (Lipinski definition) is 5. The Morgan fingerprint density at radius 1 is 1.30 bits per heavy atom. The molecule has 1 saturated heterocycles. The Kier molecular flexibility index (Phi) is 5.94. The molecule has 3 heterocycles. The van der Waals surface area contributed by atoms with Gasteiger partial charge in [0.1, 0.15) is 5.75 Å². The minimum Gasteiger partial charge on any atom is -0.495 e. The molecule has 2 aliphatic heterocycles. The molecule has 27 heavy (non-hydrogen) atoms. The Morgan fingerprint density at radius 3 is 2.81 bits per heavy atom. The van der Waals surface area contributed by atoms with Crippen molar-refractivity contribution in [2.45, 2.75) is 37.8 Å². The van der Waals surface area contributed by atoms with E-state index in [0.29, 0.717) is 12.0 Å². The number of ether oxygens (including phenoxy) is 1. The highest BCUT2D eigenvalue weighted by Crippen LogP contribution is 2.43. The van der Waals surface area contributed by atoms with Gasteiger partial charge in [0.2, 0.25) is 0 Å². The second-order valence-corrected chi connectivity index (χ2v) is 7.53. The minimum absolute atomic E-state index is 0. The summed E-state index contributed by atoms with van der Waals surface area (Å²) in [5, 5.41) is 3.24. The number of fused-ring (bicyclic) bond motifs is 3. The highest BCUT2D eigenvalue weighted by molar-refractivity contribution is 5.85. The number of nitrogens with one attached hydrogen (secondary N) is 1. The van der Waals surface area contributed by atoms with Crippen molar-refractivity contribution < 1.29 is 4.74 Å². The van der Waals surface area contributed by atoms with Crippen LogP contribution in [0.5, 0.6) is 5.75 Å². The first kappa shape index (κ1) is 19.9. The Labute approximate surface area is 167 Å². The molecule has 146 valence electrons. The third-order valence-corrected chi connectivity index (χ3v) is 5.96. The maximum absolute atomic E-state index is 6.64. The predicted molar refractivity (Wildman–Crippen MR) is 112 cm³/mol. The van der Waals surface area contributed by atoms with Gasteiger partial charge in [-0.2, -0.15) is 0 Å². The lowest BCUT2D eigenvalue weighted by Gasteiger charge is -2.46. The van der Waals surface area contributed by atoms with Crippen LogP contribution in [0.2, 0.25) is 0 Å². The Balaban J connectivity index is 0.00000210. The van der Waals surface area contributed by atoms with E-state index in [1.54, 1.807) is 7.11 Å². The van der Waals surface area contributed by atoms with E-state index in [4.69, 9.17) is 10.5 Å². The number of hydrogen-bond donors (Lipinski definition) is 2. The van der Waals surface area contributed by atoms with Gasteiger partial charge in [0, 0.05) is 50.0 Å². The summed E-state index contributed by atoms with van der Waals surface area (Å²) in [7, 11) is 3.67. The van der Waals surface area contributed by atoms with Crippen LogP contribution < -0.4 is 15.8 Å². The first-order chi connectivity index (χ1) is 12.6. The number of rotatable bonds is 3. The second kappa shape index (κ2) is 8.05. The third-order valence-electron chi connectivity index (χ3n) is 5.96. The van der Waals surface area contributed by atoms with Gasteiger partial charge in [-0.15, -0.1) is 12.4 Å². The zero-order valence-electron chi connectivity index (χ0n) is 16.2. The average Bonchev–Trinajstić information content (AvgIpc) is 2.66. The van der Waals surface area contributed by atoms with Gasteiger partial charge in [0.05, 0.1) is 12.8 Å². The first-order valence-electron chi connectivity index (χ1n) is 9.41. The lowest BCUT2D eigenvalue weighted by molar-refractivity contribution is 0.108. The van der Waals surface area contributed by atoms with Gasteiger partial charge in [-0.05, 0) is 60.7 Å². The number of aryl methyl sites for hydroxylation is 1. The van der Waals surface area contributed by atoms with E-state index in [-0.39, 0.29) is 18.4 Å². The maximum Gasteiger partial charge on any atom is 0.142 e. The van der Waals surface area contributed by atoms with Crippen molar-refractivity contribution in [3.63, 3.8) is 0 Å². The number of aromatic nitrogens is 1. The fourth-order valence-electron chi connectivity index (χ4n) is 4.53. The van der Waals surface area contributed by atoms with E-state index >= 15 is 0 Å². The zero-order valence-corrected chi connectivity index (χ0v) is 17.1. The van der Waals surface area contributed by atoms with Crippen LogP contribution in [0.25, 0.3) is 0 Å². The zero-order chi connectivity index (χ0) is 18.3. The minimum atomic E-state index is 0. The largest absolute Gasteiger partial charge is 0.495 e. The highest BCUT2D eigenvalue weighted by Gasteiger charge is 2.38. The van der Waals surface area contributed by atoms with Crippen molar-refractivity contribution >= 4 is 18.1 Å². The normalized spacial score (nSPS) is 24.4. The molecular weight excluding hydrogens is 360 g/mol. The summed E-state index contributed by atoms with van der Waals surface area (Å²) >= 11 is 0. The van der Waals surface area contributed by atoms with Gasteiger partial charge in [0.15, 0.2) is 0 Å². The second-order valence-electron chi connectivity index (χ2n) is 7.53. The van der Waals surface area contributed by atoms with E-state index in [1.165, 1.54) is 16.7 Å². The lowest BCUT2D eigenvalue weighted by Crippen LogP contribution is -2.50. The van der Waals surface area contributed by atoms with Crippen molar-refractivity contribution in [1.82, 2.24) is 9.88 Å². The van der Waals surface area contributed by atoms with Crippen LogP contribution in [-0.4, -0.2) is 43.2 Å². The van der Waals surface area contributed by atoms with Crippen LogP contribution in [0.1, 0.15) is 40.8 Å². The van der Waals surface area contributed by atoms with Gasteiger partial charge in [-0.25, -0.2) is 0 Å². The molecule has 1 aromatic heterocycles. The van der Waals surface area contributed by atoms with E-state index in [2.05, 4.69) is 40.3 Å². The van der Waals surface area contributed by atoms with Crippen molar-refractivity contribution in [2.24, 2.45) is 5.73 Å². The lowest BCUT2D eigenvalue weighted by atomic mass is 9.79. The van der Waals surface area contributed by atoms with E-state index in [9.17, 15) is 0 Å². The molecule has 2 aliphatic rings. The Hall–Kier alpha value is -1.82. The molecular formula is C21H29ClN4O. The number of nitrogens with two attached hydrogens (primary N) is 1. The standard InChI is InChI=1S/C21H28N4O.ClH/c1-13-4-6-24-18(8-13)16-12-25-7-5-14-9-19(23-2)21(26-3)10-15(14)20(25)11-17(16)22;/h4,6,8-10,16-17,20,23H,5,7,11-12,22H2,1-3H3;1H/t16-,17-,20-;/m0./s1. The van der Waals surface area contributed by atoms with Crippen molar-refractivity contribution in [3.05, 3.63) is 52.8 Å². The summed E-state index contributed by atoms with van der Waals surface area (Å²) in [5.41, 5.74) is 12.9. The summed E-state index contributed by atoms with van der Waals surface area (Å²) in [6, 6.07) is 9.16. The molecule has 0 aliphatic carbocycles. The van der Waals surface area contributed by atoms with Crippen LogP contribution >= 0.6 is 12.4 Å². The molecule has 0 saturated carbocycles. The summed E-state index contributed by atoms with van der Waals surface area (Å²) in [6.45, 7) is 4.16. The third kappa shape index (κ3) is 3.64. The quantitative estimate of drug-likeness (QED) is 0.844. The molecule has 0 unspecified atom stereocenters. The number of nitrogens with zero attached hydrogens (tertiary/aromatic N) is 2. The van der Waals surface area contributed by atoms with Gasteiger partial charge in [-0.1, -0.05) is 0 Å². The molecule has 2 aromatic rings. The number of halogens is 1. The van der Waals surface area contributed by atoms with Crippen molar-refractivity contribution in [3.8, 4) is 5.75 Å². The molecule has 0 radical (unpaired) electrons. The molecule has 0 spiro atoms. The van der Waals surface area contributed by atoms with Crippen LogP contribution in [0.4, 0.5) is 5.69 Å². The van der Waals surface area contributed by atoms with Gasteiger partial charge < -0.3 is 15.8 Å². The SMILES string of the molecule is CNc1cc2c(cc1OC)[C@@H]1C[C@H](N)[C@@H](c3cc(C)ccn3)CN1CC2.Cl. The molecule has 0 bridgehead atoms. The molecule has 3 atom stereocenters. The molecule has 1 fully saturated rings. The fourth-order valence-corrected chi connectivity index (χ4v) is 4.53. The first-order valence-corrected chi connectivity index (χ1v) is 9.41. The van der Waals surface area contributed by atoms with E-state index in [1.807, 2.05) is 19.3 Å². The summed E-state index contributed by atoms with van der Waals surface area (Å²) in [5.74, 6) is 1.20. The highest BCUT2D eigenvalue weighted by atomic mass is 35.5. The van der Waals surface area contributed by atoms with Gasteiger partial charge in [-0.3, -0.25) is 9.88 Å². The number of piperidine rings is 1. The van der Waals surface area contributed by atoms with Crippen LogP contribution in [0.15, 0.2) is 30.5 Å². The average molecular weight is 389 g/mol. The summed E-state index contributed by atoms with van der Waals surface area (Å²) in [4.78, 5) is 7.19. The summed E-state index contributed by atoms with van der Waals surface area (Å²) < 4.78 is 5.59. The van der Waals surface area contributed by atoms with Crippen LogP contribution in [0.3, 0.4) is 0 Å². The number of pyridine rings is 1.